The van der Waals surface area contributed by atoms with E-state index in [4.69, 9.17) is 9.90 Å². The van der Waals surface area contributed by atoms with Crippen molar-refractivity contribution in [3.05, 3.63) is 125 Å². The Morgan fingerprint density at radius 3 is 1.97 bits per heavy atom. The number of nitrogens with one attached hydrogen (secondary N) is 1. The Labute approximate surface area is 212 Å². The van der Waals surface area contributed by atoms with Gasteiger partial charge in [-0.3, -0.25) is 14.4 Å². The van der Waals surface area contributed by atoms with Crippen LogP contribution >= 0.6 is 0 Å². The van der Waals surface area contributed by atoms with Gasteiger partial charge in [-0.25, -0.2) is 9.36 Å². The van der Waals surface area contributed by atoms with E-state index in [1.54, 1.807) is 28.9 Å². The molecule has 1 aromatic heterocycles. The van der Waals surface area contributed by atoms with E-state index in [2.05, 4.69) is 5.32 Å². The minimum Gasteiger partial charge on any atom is -0.508 e. The molecule has 4 aromatic carbocycles. The minimum absolute atomic E-state index is 0.191. The summed E-state index contributed by atoms with van der Waals surface area (Å²) >= 11 is 0. The van der Waals surface area contributed by atoms with E-state index in [9.17, 15) is 14.7 Å². The first-order valence-corrected chi connectivity index (χ1v) is 11.6. The molecule has 0 aliphatic carbocycles. The van der Waals surface area contributed by atoms with Crippen molar-refractivity contribution in [2.24, 2.45) is 0 Å². The average Bonchev–Trinajstić information content (AvgIpc) is 3.23. The van der Waals surface area contributed by atoms with Crippen LogP contribution in [0.3, 0.4) is 0 Å². The zero-order valence-corrected chi connectivity index (χ0v) is 19.8. The van der Waals surface area contributed by atoms with Crippen molar-refractivity contribution in [1.82, 2.24) is 14.7 Å². The second-order valence-electron chi connectivity index (χ2n) is 8.11. The van der Waals surface area contributed by atoms with Gasteiger partial charge in [0.2, 0.25) is 0 Å². The van der Waals surface area contributed by atoms with Crippen LogP contribution in [0.1, 0.15) is 15.9 Å². The molecule has 0 spiro atoms. The van der Waals surface area contributed by atoms with Gasteiger partial charge in [0.05, 0.1) is 22.3 Å². The van der Waals surface area contributed by atoms with Gasteiger partial charge in [-0.2, -0.15) is 0 Å². The molecule has 8 nitrogen and oxygen atoms in total. The maximum absolute atomic E-state index is 13.5. The van der Waals surface area contributed by atoms with E-state index >= 15 is 0 Å². The normalized spacial score (nSPS) is 10.4. The number of aromatic nitrogens is 2. The number of hydrogen-bond acceptors (Lipinski definition) is 4. The van der Waals surface area contributed by atoms with E-state index < -0.39 is 0 Å². The number of phenolic OH excluding ortho intramolecular Hbond substituents is 1. The third-order valence-electron chi connectivity index (χ3n) is 5.75. The predicted octanol–water partition coefficient (Wildman–Crippen LogP) is 4.16. The molecule has 0 aliphatic heterocycles. The summed E-state index contributed by atoms with van der Waals surface area (Å²) in [6.07, 6.45) is 0.638. The number of para-hydroxylation sites is 2. The maximum atomic E-state index is 13.5. The Hall–Kier alpha value is -5.11. The maximum Gasteiger partial charge on any atom is 0.290 e. The van der Waals surface area contributed by atoms with Crippen molar-refractivity contribution in [1.29, 1.82) is 0 Å². The van der Waals surface area contributed by atoms with Gasteiger partial charge in [-0.05, 0) is 66.6 Å². The summed E-state index contributed by atoms with van der Waals surface area (Å²) in [5.74, 6) is -0.0245. The highest BCUT2D eigenvalue weighted by Gasteiger charge is 2.18. The second-order valence-corrected chi connectivity index (χ2v) is 8.11. The van der Waals surface area contributed by atoms with Crippen LogP contribution in [0.25, 0.3) is 22.3 Å². The van der Waals surface area contributed by atoms with Crippen molar-refractivity contribution in [3.8, 4) is 17.1 Å². The van der Waals surface area contributed by atoms with Crippen molar-refractivity contribution in [2.75, 3.05) is 6.54 Å². The molecule has 0 fully saturated rings. The molecule has 0 radical (unpaired) electrons. The average molecular weight is 496 g/mol. The second kappa shape index (κ2) is 11.5. The first-order valence-electron chi connectivity index (χ1n) is 11.6. The van der Waals surface area contributed by atoms with Gasteiger partial charge in [0.25, 0.3) is 17.9 Å². The molecule has 0 bridgehead atoms. The molecule has 5 rings (SSSR count). The molecule has 8 heteroatoms. The molecule has 0 aliphatic rings. The number of carboxylic acid groups (broad SMARTS) is 1. The highest BCUT2D eigenvalue weighted by molar-refractivity contribution is 5.98. The number of fused-ring (bicyclic) bond motifs is 1. The van der Waals surface area contributed by atoms with Crippen LogP contribution in [-0.4, -0.2) is 38.5 Å². The lowest BCUT2D eigenvalue weighted by atomic mass is 10.1. The summed E-state index contributed by atoms with van der Waals surface area (Å²) < 4.78 is 3.51. The number of amides is 1. The summed E-state index contributed by atoms with van der Waals surface area (Å²) in [5, 5.41) is 19.7. The lowest BCUT2D eigenvalue weighted by Gasteiger charge is -2.13. The smallest absolute Gasteiger partial charge is 0.290 e. The quantitative estimate of drug-likeness (QED) is 0.306. The van der Waals surface area contributed by atoms with Crippen LogP contribution in [0.4, 0.5) is 0 Å². The Morgan fingerprint density at radius 2 is 1.38 bits per heavy atom. The predicted molar refractivity (Wildman–Crippen MR) is 142 cm³/mol. The van der Waals surface area contributed by atoms with Crippen molar-refractivity contribution in [2.45, 2.75) is 6.42 Å². The number of carbonyl (C=O) groups excluding carboxylic acids is 1. The molecular formula is C29H25N3O5. The molecule has 0 unspecified atom stereocenters. The fourth-order valence-corrected chi connectivity index (χ4v) is 4.06. The topological polar surface area (TPSA) is 114 Å². The largest absolute Gasteiger partial charge is 0.508 e. The molecular weight excluding hydrogens is 470 g/mol. The number of benzene rings is 4. The molecule has 1 heterocycles. The zero-order valence-electron chi connectivity index (χ0n) is 19.8. The van der Waals surface area contributed by atoms with Crippen molar-refractivity contribution < 1.29 is 19.8 Å². The Bertz CT molecular complexity index is 1560. The van der Waals surface area contributed by atoms with Crippen molar-refractivity contribution in [3.63, 3.8) is 0 Å². The van der Waals surface area contributed by atoms with E-state index in [0.29, 0.717) is 23.9 Å². The van der Waals surface area contributed by atoms with Crippen molar-refractivity contribution >= 4 is 23.3 Å². The SMILES string of the molecule is O=C(NCCc1ccc(O)cc1)c1ccc2c(c1)c(=O)n(-c1ccccc1)n2-c1ccccc1.O=CO. The van der Waals surface area contributed by atoms with E-state index in [0.717, 1.165) is 22.5 Å². The van der Waals surface area contributed by atoms with Crippen LogP contribution < -0.4 is 10.9 Å². The van der Waals surface area contributed by atoms with Crippen LogP contribution in [0.2, 0.25) is 0 Å². The molecule has 186 valence electrons. The number of rotatable bonds is 6. The molecule has 5 aromatic rings. The van der Waals surface area contributed by atoms with E-state index in [-0.39, 0.29) is 23.7 Å². The number of carbonyl (C=O) groups is 2. The first-order chi connectivity index (χ1) is 18.0. The van der Waals surface area contributed by atoms with Gasteiger partial charge in [0, 0.05) is 12.1 Å². The van der Waals surface area contributed by atoms with Crippen LogP contribution in [0, 0.1) is 0 Å². The van der Waals surface area contributed by atoms with Gasteiger partial charge in [-0.1, -0.05) is 48.5 Å². The van der Waals surface area contributed by atoms with Gasteiger partial charge in [0.1, 0.15) is 5.75 Å². The number of hydrogen-bond donors (Lipinski definition) is 3. The van der Waals surface area contributed by atoms with E-state index in [1.165, 1.54) is 0 Å². The highest BCUT2D eigenvalue weighted by atomic mass is 16.3. The molecule has 3 N–H and O–H groups in total. The lowest BCUT2D eigenvalue weighted by molar-refractivity contribution is -0.122. The van der Waals surface area contributed by atoms with Crippen LogP contribution in [0.5, 0.6) is 5.75 Å². The Balaban J connectivity index is 0.00000102. The molecule has 0 saturated heterocycles. The van der Waals surface area contributed by atoms with Gasteiger partial charge >= 0.3 is 0 Å². The third-order valence-corrected chi connectivity index (χ3v) is 5.75. The minimum atomic E-state index is -0.250. The molecule has 0 atom stereocenters. The van der Waals surface area contributed by atoms with Gasteiger partial charge in [-0.15, -0.1) is 0 Å². The van der Waals surface area contributed by atoms with Gasteiger partial charge < -0.3 is 15.5 Å². The fraction of sp³-hybridized carbons (Fsp3) is 0.0690. The van der Waals surface area contributed by atoms with Crippen LogP contribution in [0.15, 0.2) is 108 Å². The monoisotopic (exact) mass is 495 g/mol. The summed E-state index contributed by atoms with van der Waals surface area (Å²) in [5.41, 5.74) is 3.57. The number of phenols is 1. The summed E-state index contributed by atoms with van der Waals surface area (Å²) in [4.78, 5) is 34.7. The zero-order chi connectivity index (χ0) is 26.2. The van der Waals surface area contributed by atoms with Gasteiger partial charge in [0.15, 0.2) is 0 Å². The Morgan fingerprint density at radius 1 is 0.811 bits per heavy atom. The highest BCUT2D eigenvalue weighted by Crippen LogP contribution is 2.21. The third kappa shape index (κ3) is 5.59. The Kier molecular flexibility index (Phi) is 7.80. The van der Waals surface area contributed by atoms with Crippen LogP contribution in [-0.2, 0) is 11.2 Å². The standard InChI is InChI=1S/C28H23N3O3.CH2O2/c32-24-14-11-20(12-15-24)17-18-29-27(33)21-13-16-26-25(19-21)28(34)31(23-9-5-2-6-10-23)30(26)22-7-3-1-4-8-22;2-1-3/h1-16,19,32H,17-18H2,(H,29,33);1H,(H,2,3). The summed E-state index contributed by atoms with van der Waals surface area (Å²) in [6, 6.07) is 31.3. The summed E-state index contributed by atoms with van der Waals surface area (Å²) in [6.45, 7) is 0.195. The summed E-state index contributed by atoms with van der Waals surface area (Å²) in [7, 11) is 0. The molecule has 37 heavy (non-hydrogen) atoms. The molecule has 1 amide bonds. The number of nitrogens with zero attached hydrogens (tertiary/aromatic N) is 2. The lowest BCUT2D eigenvalue weighted by Crippen LogP contribution is -2.25. The number of aromatic hydroxyl groups is 1. The molecule has 0 saturated carbocycles. The first kappa shape index (κ1) is 25.0. The fourth-order valence-electron chi connectivity index (χ4n) is 4.06. The van der Waals surface area contributed by atoms with E-state index in [1.807, 2.05) is 83.5 Å².